The van der Waals surface area contributed by atoms with Gasteiger partial charge < -0.3 is 9.42 Å². The number of hydrogen-bond donors (Lipinski definition) is 0. The molecule has 3 aromatic heterocycles. The first-order valence-corrected chi connectivity index (χ1v) is 10.1. The highest BCUT2D eigenvalue weighted by molar-refractivity contribution is 5.76. The molecule has 0 aromatic carbocycles. The van der Waals surface area contributed by atoms with Gasteiger partial charge in [-0.3, -0.25) is 19.4 Å². The van der Waals surface area contributed by atoms with Crippen LogP contribution in [0, 0.1) is 19.8 Å². The van der Waals surface area contributed by atoms with Crippen molar-refractivity contribution < 1.29 is 9.32 Å². The summed E-state index contributed by atoms with van der Waals surface area (Å²) in [6.07, 6.45) is 10.3. The third-order valence-electron chi connectivity index (χ3n) is 5.50. The standard InChI is InChI=1S/C21H26N6O2/c1-15-20(16(2)29-25-15)21-18(22-8-9-23-21)13-17-6-12-26(14-17)19(28)5-3-10-27-11-4-7-24-27/h4,7-9,11,17H,3,5-6,10,12-14H2,1-2H3/t17-/m1/s1. The lowest BCUT2D eigenvalue weighted by atomic mass is 9.98. The van der Waals surface area contributed by atoms with Crippen LogP contribution in [0.1, 0.15) is 36.4 Å². The van der Waals surface area contributed by atoms with Crippen molar-refractivity contribution in [2.24, 2.45) is 5.92 Å². The van der Waals surface area contributed by atoms with Crippen molar-refractivity contribution in [2.45, 2.75) is 46.1 Å². The smallest absolute Gasteiger partial charge is 0.222 e. The number of hydrogen-bond acceptors (Lipinski definition) is 6. The summed E-state index contributed by atoms with van der Waals surface area (Å²) in [6.45, 7) is 6.18. The molecule has 0 unspecified atom stereocenters. The summed E-state index contributed by atoms with van der Waals surface area (Å²) in [5.41, 5.74) is 3.54. The second kappa shape index (κ2) is 8.55. The van der Waals surface area contributed by atoms with Crippen LogP contribution in [0.25, 0.3) is 11.3 Å². The summed E-state index contributed by atoms with van der Waals surface area (Å²) in [6, 6.07) is 1.90. The molecule has 8 heteroatoms. The first-order valence-electron chi connectivity index (χ1n) is 10.1. The number of nitrogens with zero attached hydrogens (tertiary/aromatic N) is 6. The molecule has 1 atom stereocenters. The van der Waals surface area contributed by atoms with Crippen LogP contribution < -0.4 is 0 Å². The van der Waals surface area contributed by atoms with Gasteiger partial charge in [0, 0.05) is 50.8 Å². The van der Waals surface area contributed by atoms with Crippen LogP contribution in [0.2, 0.25) is 0 Å². The van der Waals surface area contributed by atoms with E-state index in [0.29, 0.717) is 12.3 Å². The number of carbonyl (C=O) groups excluding carboxylic acids is 1. The lowest BCUT2D eigenvalue weighted by Crippen LogP contribution is -2.29. The number of aromatic nitrogens is 5. The van der Waals surface area contributed by atoms with Crippen molar-refractivity contribution in [1.29, 1.82) is 0 Å². The first-order chi connectivity index (χ1) is 14.1. The van der Waals surface area contributed by atoms with Crippen LogP contribution in [-0.4, -0.2) is 48.8 Å². The summed E-state index contributed by atoms with van der Waals surface area (Å²) in [5.74, 6) is 1.37. The molecule has 0 radical (unpaired) electrons. The van der Waals surface area contributed by atoms with E-state index in [-0.39, 0.29) is 5.91 Å². The molecule has 3 aromatic rings. The molecule has 1 aliphatic heterocycles. The molecule has 1 saturated heterocycles. The van der Waals surface area contributed by atoms with E-state index in [4.69, 9.17) is 4.52 Å². The van der Waals surface area contributed by atoms with Crippen LogP contribution in [0.15, 0.2) is 35.4 Å². The summed E-state index contributed by atoms with van der Waals surface area (Å²) in [7, 11) is 0. The normalized spacial score (nSPS) is 16.5. The zero-order chi connectivity index (χ0) is 20.2. The van der Waals surface area contributed by atoms with Crippen LogP contribution in [0.3, 0.4) is 0 Å². The number of aryl methyl sites for hydroxylation is 3. The predicted octanol–water partition coefficient (Wildman–Crippen LogP) is 2.82. The van der Waals surface area contributed by atoms with E-state index in [1.807, 2.05) is 35.7 Å². The Bertz CT molecular complexity index is 946. The average Bonchev–Trinajstić information content (AvgIpc) is 3.45. The molecule has 0 bridgehead atoms. The fraction of sp³-hybridized carbons (Fsp3) is 0.476. The molecule has 0 saturated carbocycles. The van der Waals surface area contributed by atoms with Gasteiger partial charge in [-0.15, -0.1) is 0 Å². The topological polar surface area (TPSA) is 89.9 Å². The molecule has 4 heterocycles. The third-order valence-corrected chi connectivity index (χ3v) is 5.50. The van der Waals surface area contributed by atoms with Crippen LogP contribution >= 0.6 is 0 Å². The monoisotopic (exact) mass is 394 g/mol. The predicted molar refractivity (Wildman–Crippen MR) is 107 cm³/mol. The zero-order valence-electron chi connectivity index (χ0n) is 16.9. The fourth-order valence-corrected chi connectivity index (χ4v) is 4.03. The van der Waals surface area contributed by atoms with E-state index in [2.05, 4.69) is 20.2 Å². The molecule has 4 rings (SSSR count). The van der Waals surface area contributed by atoms with Crippen molar-refractivity contribution in [1.82, 2.24) is 29.8 Å². The Morgan fingerprint density at radius 2 is 2.10 bits per heavy atom. The minimum absolute atomic E-state index is 0.227. The van der Waals surface area contributed by atoms with Crippen molar-refractivity contribution in [3.63, 3.8) is 0 Å². The second-order valence-electron chi connectivity index (χ2n) is 7.62. The minimum Gasteiger partial charge on any atom is -0.361 e. The van der Waals surface area contributed by atoms with E-state index in [1.165, 1.54) is 0 Å². The molecule has 0 aliphatic carbocycles. The van der Waals surface area contributed by atoms with Gasteiger partial charge in [0.2, 0.25) is 5.91 Å². The van der Waals surface area contributed by atoms with Crippen molar-refractivity contribution >= 4 is 5.91 Å². The van der Waals surface area contributed by atoms with Gasteiger partial charge in [0.25, 0.3) is 0 Å². The second-order valence-corrected chi connectivity index (χ2v) is 7.62. The number of likely N-dealkylation sites (tertiary alicyclic amines) is 1. The largest absolute Gasteiger partial charge is 0.361 e. The van der Waals surface area contributed by atoms with Crippen molar-refractivity contribution in [3.05, 3.63) is 48.0 Å². The van der Waals surface area contributed by atoms with E-state index < -0.39 is 0 Å². The quantitative estimate of drug-likeness (QED) is 0.612. The summed E-state index contributed by atoms with van der Waals surface area (Å²) >= 11 is 0. The summed E-state index contributed by atoms with van der Waals surface area (Å²) in [4.78, 5) is 23.7. The van der Waals surface area contributed by atoms with E-state index in [1.54, 1.807) is 18.6 Å². The van der Waals surface area contributed by atoms with Gasteiger partial charge in [-0.1, -0.05) is 5.16 Å². The molecule has 1 amide bonds. The number of amides is 1. The summed E-state index contributed by atoms with van der Waals surface area (Å²) < 4.78 is 7.18. The Labute approximate surface area is 169 Å². The maximum absolute atomic E-state index is 12.6. The number of carbonyl (C=O) groups is 1. The number of rotatable bonds is 7. The maximum atomic E-state index is 12.6. The van der Waals surface area contributed by atoms with Gasteiger partial charge in [-0.25, -0.2) is 0 Å². The molecular weight excluding hydrogens is 368 g/mol. The van der Waals surface area contributed by atoms with E-state index >= 15 is 0 Å². The first kappa shape index (κ1) is 19.3. The SMILES string of the molecule is Cc1noc(C)c1-c1nccnc1C[C@H]1CCN(C(=O)CCCn2cccn2)C1. The molecule has 29 heavy (non-hydrogen) atoms. The van der Waals surface area contributed by atoms with Gasteiger partial charge >= 0.3 is 0 Å². The lowest BCUT2D eigenvalue weighted by molar-refractivity contribution is -0.130. The third kappa shape index (κ3) is 4.36. The van der Waals surface area contributed by atoms with E-state index in [0.717, 1.165) is 67.3 Å². The van der Waals surface area contributed by atoms with Gasteiger partial charge in [-0.05, 0) is 45.1 Å². The van der Waals surface area contributed by atoms with Crippen molar-refractivity contribution in [2.75, 3.05) is 13.1 Å². The van der Waals surface area contributed by atoms with Gasteiger partial charge in [-0.2, -0.15) is 5.10 Å². The molecule has 1 aliphatic rings. The highest BCUT2D eigenvalue weighted by atomic mass is 16.5. The molecular formula is C21H26N6O2. The fourth-order valence-electron chi connectivity index (χ4n) is 4.03. The highest BCUT2D eigenvalue weighted by Gasteiger charge is 2.28. The minimum atomic E-state index is 0.227. The Hall–Kier alpha value is -3.03. The zero-order valence-corrected chi connectivity index (χ0v) is 16.9. The molecule has 0 spiro atoms. The Morgan fingerprint density at radius 3 is 2.86 bits per heavy atom. The maximum Gasteiger partial charge on any atom is 0.222 e. The van der Waals surface area contributed by atoms with Crippen LogP contribution in [0.5, 0.6) is 0 Å². The van der Waals surface area contributed by atoms with Gasteiger partial charge in [0.15, 0.2) is 0 Å². The highest BCUT2D eigenvalue weighted by Crippen LogP contribution is 2.30. The average molecular weight is 394 g/mol. The molecule has 152 valence electrons. The summed E-state index contributed by atoms with van der Waals surface area (Å²) in [5, 5.41) is 8.22. The van der Waals surface area contributed by atoms with Crippen LogP contribution in [-0.2, 0) is 17.8 Å². The Morgan fingerprint density at radius 1 is 1.24 bits per heavy atom. The van der Waals surface area contributed by atoms with Gasteiger partial charge in [0.05, 0.1) is 22.6 Å². The molecule has 8 nitrogen and oxygen atoms in total. The molecule has 1 fully saturated rings. The molecule has 0 N–H and O–H groups in total. The lowest BCUT2D eigenvalue weighted by Gasteiger charge is -2.17. The Balaban J connectivity index is 1.35. The van der Waals surface area contributed by atoms with Crippen LogP contribution in [0.4, 0.5) is 0 Å². The van der Waals surface area contributed by atoms with Gasteiger partial charge in [0.1, 0.15) is 5.76 Å². The Kier molecular flexibility index (Phi) is 5.69. The van der Waals surface area contributed by atoms with Crippen molar-refractivity contribution in [3.8, 4) is 11.3 Å². The van der Waals surface area contributed by atoms with E-state index in [9.17, 15) is 4.79 Å².